The number of fused-ring (bicyclic) bond motifs is 10. The van der Waals surface area contributed by atoms with Gasteiger partial charge in [0.15, 0.2) is 0 Å². The van der Waals surface area contributed by atoms with Crippen LogP contribution in [-0.2, 0) is 10.8 Å². The summed E-state index contributed by atoms with van der Waals surface area (Å²) in [5, 5.41) is 7.20. The quantitative estimate of drug-likeness (QED) is 0.167. The van der Waals surface area contributed by atoms with Crippen molar-refractivity contribution in [3.63, 3.8) is 0 Å². The monoisotopic (exact) mass is 712 g/mol. The highest BCUT2D eigenvalue weighted by atomic mass is 16.4. The maximum atomic E-state index is 7.15. The minimum absolute atomic E-state index is 0.158. The van der Waals surface area contributed by atoms with Gasteiger partial charge in [0, 0.05) is 27.6 Å². The summed E-state index contributed by atoms with van der Waals surface area (Å²) in [6.07, 6.45) is 0. The van der Waals surface area contributed by atoms with E-state index in [9.17, 15) is 0 Å². The Hall–Kier alpha value is -6.20. The van der Waals surface area contributed by atoms with Gasteiger partial charge in [-0.05, 0) is 91.4 Å². The molecule has 0 saturated carbocycles. The molecule has 0 saturated heterocycles. The Balaban J connectivity index is 1.30. The Morgan fingerprint density at radius 1 is 0.418 bits per heavy atom. The molecule has 0 unspecified atom stereocenters. The molecule has 0 radical (unpaired) electrons. The molecule has 7 aromatic carbocycles. The van der Waals surface area contributed by atoms with Gasteiger partial charge in [0.25, 0.3) is 0 Å². The van der Waals surface area contributed by atoms with Crippen molar-refractivity contribution >= 4 is 101 Å². The van der Waals surface area contributed by atoms with Crippen molar-refractivity contribution < 1.29 is 8.83 Å². The Bertz CT molecular complexity index is 3050. The summed E-state index contributed by atoms with van der Waals surface area (Å²) in [5.74, 6) is 0.845. The predicted octanol–water partition coefficient (Wildman–Crippen LogP) is 12.2. The zero-order valence-electron chi connectivity index (χ0n) is 32.1. The van der Waals surface area contributed by atoms with E-state index in [1.54, 1.807) is 0 Å². The predicted molar refractivity (Wildman–Crippen MR) is 232 cm³/mol. The van der Waals surface area contributed by atoms with Crippen LogP contribution < -0.4 is 26.4 Å². The molecule has 11 rings (SSSR count). The molecule has 0 N–H and O–H groups in total. The second kappa shape index (κ2) is 11.2. The normalized spacial score (nSPS) is 13.9. The zero-order chi connectivity index (χ0) is 37.4. The summed E-state index contributed by atoms with van der Waals surface area (Å²) in [6.45, 7) is 13.8. The summed E-state index contributed by atoms with van der Waals surface area (Å²) < 4.78 is 14.2. The van der Waals surface area contributed by atoms with E-state index in [0.29, 0.717) is 0 Å². The van der Waals surface area contributed by atoms with Gasteiger partial charge in [-0.3, -0.25) is 4.90 Å². The van der Waals surface area contributed by atoms with Crippen molar-refractivity contribution in [1.29, 1.82) is 0 Å². The Labute approximate surface area is 321 Å². The van der Waals surface area contributed by atoms with E-state index in [1.165, 1.54) is 43.8 Å². The standard InChI is InChI=1S/C50H41BN2O2/c1-49(2,3)42-32-18-9-7-16-30(32)26-28-36(42)52-38-22-15-23-39-45(38)51(47-46(52)35-21-12-14-25-41(35)54-47)44-34-20-11-13-24-40(34)55-48(44)53(39)37-29-27-31-17-8-10-19-33(31)43(37)50(4,5)6/h7-29H,1-6H3. The van der Waals surface area contributed by atoms with Gasteiger partial charge in [0.2, 0.25) is 5.88 Å². The van der Waals surface area contributed by atoms with E-state index in [1.807, 2.05) is 0 Å². The van der Waals surface area contributed by atoms with E-state index in [4.69, 9.17) is 8.83 Å². The maximum absolute atomic E-state index is 7.15. The molecule has 0 bridgehead atoms. The third kappa shape index (κ3) is 4.47. The molecule has 4 heterocycles. The molecule has 0 amide bonds. The van der Waals surface area contributed by atoms with Crippen molar-refractivity contribution in [3.05, 3.63) is 151 Å². The molecule has 0 fully saturated rings. The molecule has 9 aromatic rings. The summed E-state index contributed by atoms with van der Waals surface area (Å²) in [4.78, 5) is 4.93. The number of nitrogens with zero attached hydrogens (tertiary/aromatic N) is 2. The molecule has 5 heteroatoms. The van der Waals surface area contributed by atoms with Gasteiger partial charge in [0.1, 0.15) is 11.2 Å². The van der Waals surface area contributed by atoms with Crippen LogP contribution in [0.2, 0.25) is 0 Å². The van der Waals surface area contributed by atoms with E-state index in [2.05, 4.69) is 191 Å². The molecule has 0 spiro atoms. The summed E-state index contributed by atoms with van der Waals surface area (Å²) in [7, 11) is 0. The van der Waals surface area contributed by atoms with Crippen molar-refractivity contribution in [2.24, 2.45) is 0 Å². The molecular weight excluding hydrogens is 671 g/mol. The van der Waals surface area contributed by atoms with Crippen LogP contribution in [0.4, 0.5) is 34.3 Å². The topological polar surface area (TPSA) is 32.8 Å². The smallest absolute Gasteiger partial charge is 0.302 e. The average molecular weight is 713 g/mol. The van der Waals surface area contributed by atoms with Crippen LogP contribution in [0.1, 0.15) is 52.7 Å². The third-order valence-electron chi connectivity index (χ3n) is 11.8. The van der Waals surface area contributed by atoms with Gasteiger partial charge >= 0.3 is 6.71 Å². The average Bonchev–Trinajstić information content (AvgIpc) is 3.75. The first-order valence-corrected chi connectivity index (χ1v) is 19.4. The fourth-order valence-corrected chi connectivity index (χ4v) is 9.80. The van der Waals surface area contributed by atoms with Gasteiger partial charge in [-0.1, -0.05) is 139 Å². The van der Waals surface area contributed by atoms with Crippen molar-refractivity contribution in [1.82, 2.24) is 0 Å². The van der Waals surface area contributed by atoms with Crippen molar-refractivity contribution in [2.45, 2.75) is 52.4 Å². The molecule has 2 aliphatic rings. The first-order valence-electron chi connectivity index (χ1n) is 19.4. The lowest BCUT2D eigenvalue weighted by Gasteiger charge is -2.42. The fourth-order valence-electron chi connectivity index (χ4n) is 9.80. The lowest BCUT2D eigenvalue weighted by Crippen LogP contribution is -2.60. The number of rotatable bonds is 2. The molecule has 0 aliphatic carbocycles. The van der Waals surface area contributed by atoms with Crippen LogP contribution >= 0.6 is 0 Å². The van der Waals surface area contributed by atoms with Gasteiger partial charge in [-0.15, -0.1) is 0 Å². The lowest BCUT2D eigenvalue weighted by molar-refractivity contribution is 0.591. The van der Waals surface area contributed by atoms with Crippen LogP contribution in [0, 0.1) is 0 Å². The van der Waals surface area contributed by atoms with Gasteiger partial charge < -0.3 is 13.7 Å². The van der Waals surface area contributed by atoms with Gasteiger partial charge in [-0.2, -0.15) is 0 Å². The third-order valence-corrected chi connectivity index (χ3v) is 11.8. The van der Waals surface area contributed by atoms with Gasteiger partial charge in [-0.25, -0.2) is 0 Å². The molecular formula is C50H41BN2O2. The highest BCUT2D eigenvalue weighted by Gasteiger charge is 2.50. The van der Waals surface area contributed by atoms with E-state index in [0.717, 1.165) is 61.7 Å². The summed E-state index contributed by atoms with van der Waals surface area (Å²) >= 11 is 0. The Kier molecular flexibility index (Phi) is 6.55. The van der Waals surface area contributed by atoms with Crippen LogP contribution in [0.3, 0.4) is 0 Å². The van der Waals surface area contributed by atoms with E-state index < -0.39 is 0 Å². The first kappa shape index (κ1) is 32.3. The lowest BCUT2D eigenvalue weighted by atomic mass is 9.35. The minimum atomic E-state index is -0.197. The molecule has 55 heavy (non-hydrogen) atoms. The Morgan fingerprint density at radius 2 is 0.909 bits per heavy atom. The molecule has 0 atom stereocenters. The number of para-hydroxylation sites is 2. The zero-order valence-corrected chi connectivity index (χ0v) is 32.1. The van der Waals surface area contributed by atoms with E-state index >= 15 is 0 Å². The van der Waals surface area contributed by atoms with Gasteiger partial charge in [0.05, 0.1) is 22.7 Å². The van der Waals surface area contributed by atoms with E-state index in [-0.39, 0.29) is 17.5 Å². The van der Waals surface area contributed by atoms with Crippen LogP contribution in [0.25, 0.3) is 43.5 Å². The summed E-state index contributed by atoms with van der Waals surface area (Å²) in [6, 6.07) is 50.6. The Morgan fingerprint density at radius 3 is 1.51 bits per heavy atom. The number of anilines is 6. The second-order valence-electron chi connectivity index (χ2n) is 17.3. The maximum Gasteiger partial charge on any atom is 0.302 e. The number of hydrogen-bond acceptors (Lipinski definition) is 4. The number of benzene rings is 7. The molecule has 266 valence electrons. The minimum Gasteiger partial charge on any atom is -0.468 e. The second-order valence-corrected chi connectivity index (χ2v) is 17.3. The molecule has 4 nitrogen and oxygen atoms in total. The van der Waals surface area contributed by atoms with Crippen LogP contribution in [0.5, 0.6) is 0 Å². The number of hydrogen-bond donors (Lipinski definition) is 0. The van der Waals surface area contributed by atoms with Crippen LogP contribution in [0.15, 0.2) is 148 Å². The van der Waals surface area contributed by atoms with Crippen molar-refractivity contribution in [2.75, 3.05) is 9.80 Å². The SMILES string of the molecule is CC(C)(C)c1c(N2c3cccc4c3B(c3oc5ccccc5c3N4c3ccc4ccccc4c3C(C)(C)C)c3c2oc2ccccc32)ccc2ccccc12. The summed E-state index contributed by atoms with van der Waals surface area (Å²) in [5.41, 5.74) is 13.0. The first-order chi connectivity index (χ1) is 26.6. The number of furan rings is 2. The molecule has 2 aliphatic heterocycles. The largest absolute Gasteiger partial charge is 0.468 e. The fraction of sp³-hybridized carbons (Fsp3) is 0.160. The van der Waals surface area contributed by atoms with Crippen molar-refractivity contribution in [3.8, 4) is 0 Å². The van der Waals surface area contributed by atoms with Crippen LogP contribution in [-0.4, -0.2) is 6.71 Å². The molecule has 2 aromatic heterocycles. The highest BCUT2D eigenvalue weighted by Crippen LogP contribution is 2.52. The highest BCUT2D eigenvalue weighted by molar-refractivity contribution is 7.01.